The van der Waals surface area contributed by atoms with E-state index in [1.807, 2.05) is 26.2 Å². The van der Waals surface area contributed by atoms with Crippen LogP contribution >= 0.6 is 22.7 Å². The Morgan fingerprint density at radius 1 is 1.23 bits per heavy atom. The molecule has 4 aromatic rings. The lowest BCUT2D eigenvalue weighted by molar-refractivity contribution is -0.119. The van der Waals surface area contributed by atoms with Crippen LogP contribution in [0.25, 0.3) is 21.3 Å². The fraction of sp³-hybridized carbons (Fsp3) is 0.286. The smallest absolute Gasteiger partial charge is 0.263 e. The maximum absolute atomic E-state index is 13.4. The molecule has 3 aromatic heterocycles. The van der Waals surface area contributed by atoms with Crippen LogP contribution in [0.4, 0.5) is 9.52 Å². The zero-order valence-electron chi connectivity index (χ0n) is 17.1. The Labute approximate surface area is 185 Å². The van der Waals surface area contributed by atoms with Gasteiger partial charge in [0.05, 0.1) is 11.7 Å². The second kappa shape index (κ2) is 8.64. The standard InChI is InChI=1S/C21H20FN5O2S2/c1-4-15(17(28)24-21-26-25-18(31-21)11(2)3)27-10-23-19-16(20(27)29)14(9-30-19)12-5-7-13(22)8-6-12/h5-11,15H,4H2,1-3H3,(H,24,26,28). The summed E-state index contributed by atoms with van der Waals surface area (Å²) in [6, 6.07) is 5.20. The predicted molar refractivity (Wildman–Crippen MR) is 121 cm³/mol. The van der Waals surface area contributed by atoms with E-state index in [0.29, 0.717) is 27.3 Å². The topological polar surface area (TPSA) is 89.8 Å². The number of fused-ring (bicyclic) bond motifs is 1. The fourth-order valence-corrected chi connectivity index (χ4v) is 4.88. The summed E-state index contributed by atoms with van der Waals surface area (Å²) < 4.78 is 14.7. The van der Waals surface area contributed by atoms with Crippen molar-refractivity contribution in [1.82, 2.24) is 19.7 Å². The molecule has 0 aliphatic heterocycles. The van der Waals surface area contributed by atoms with Crippen molar-refractivity contribution in [2.75, 3.05) is 5.32 Å². The Morgan fingerprint density at radius 3 is 2.61 bits per heavy atom. The van der Waals surface area contributed by atoms with Gasteiger partial charge >= 0.3 is 0 Å². The highest BCUT2D eigenvalue weighted by Gasteiger charge is 2.24. The Bertz CT molecular complexity index is 1290. The van der Waals surface area contributed by atoms with Gasteiger partial charge in [-0.25, -0.2) is 9.37 Å². The normalized spacial score (nSPS) is 12.4. The fourth-order valence-electron chi connectivity index (χ4n) is 3.22. The molecule has 1 aromatic carbocycles. The Balaban J connectivity index is 1.70. The molecule has 160 valence electrons. The van der Waals surface area contributed by atoms with E-state index in [9.17, 15) is 14.0 Å². The van der Waals surface area contributed by atoms with E-state index >= 15 is 0 Å². The molecule has 0 aliphatic carbocycles. The van der Waals surface area contributed by atoms with E-state index in [2.05, 4.69) is 20.5 Å². The maximum Gasteiger partial charge on any atom is 0.263 e. The van der Waals surface area contributed by atoms with Crippen molar-refractivity contribution in [3.63, 3.8) is 0 Å². The van der Waals surface area contributed by atoms with Crippen molar-refractivity contribution in [2.45, 2.75) is 39.2 Å². The van der Waals surface area contributed by atoms with Crippen LogP contribution < -0.4 is 10.9 Å². The number of aromatic nitrogens is 4. The van der Waals surface area contributed by atoms with E-state index in [0.717, 1.165) is 10.6 Å². The summed E-state index contributed by atoms with van der Waals surface area (Å²) in [4.78, 5) is 31.3. The lowest BCUT2D eigenvalue weighted by Gasteiger charge is -2.16. The van der Waals surface area contributed by atoms with Crippen LogP contribution in [0.1, 0.15) is 44.2 Å². The number of nitrogens with zero attached hydrogens (tertiary/aromatic N) is 4. The first-order valence-corrected chi connectivity index (χ1v) is 11.5. The van der Waals surface area contributed by atoms with Crippen molar-refractivity contribution in [3.8, 4) is 11.1 Å². The second-order valence-corrected chi connectivity index (χ2v) is 9.17. The number of hydrogen-bond donors (Lipinski definition) is 1. The predicted octanol–water partition coefficient (Wildman–Crippen LogP) is 4.83. The summed E-state index contributed by atoms with van der Waals surface area (Å²) in [7, 11) is 0. The largest absolute Gasteiger partial charge is 0.299 e. The van der Waals surface area contributed by atoms with Crippen molar-refractivity contribution in [3.05, 3.63) is 57.2 Å². The molecule has 0 saturated heterocycles. The van der Waals surface area contributed by atoms with E-state index in [1.54, 1.807) is 12.1 Å². The number of thiophene rings is 1. The molecule has 4 rings (SSSR count). The number of anilines is 1. The third-order valence-electron chi connectivity index (χ3n) is 4.86. The summed E-state index contributed by atoms with van der Waals surface area (Å²) in [5, 5.41) is 14.3. The molecule has 0 radical (unpaired) electrons. The zero-order valence-corrected chi connectivity index (χ0v) is 18.8. The van der Waals surface area contributed by atoms with Crippen LogP contribution in [0.3, 0.4) is 0 Å². The highest BCUT2D eigenvalue weighted by atomic mass is 32.1. The van der Waals surface area contributed by atoms with Gasteiger partial charge in [0.1, 0.15) is 21.7 Å². The van der Waals surface area contributed by atoms with Gasteiger partial charge in [0.2, 0.25) is 11.0 Å². The first-order chi connectivity index (χ1) is 14.9. The Hall–Kier alpha value is -2.98. The highest BCUT2D eigenvalue weighted by Crippen LogP contribution is 2.31. The molecule has 0 aliphatic rings. The molecular formula is C21H20FN5O2S2. The van der Waals surface area contributed by atoms with Gasteiger partial charge in [-0.15, -0.1) is 21.5 Å². The molecular weight excluding hydrogens is 437 g/mol. The molecule has 0 fully saturated rings. The summed E-state index contributed by atoms with van der Waals surface area (Å²) in [5.41, 5.74) is 1.08. The SMILES string of the molecule is CCC(C(=O)Nc1nnc(C(C)C)s1)n1cnc2scc(-c3ccc(F)cc3)c2c1=O. The number of benzene rings is 1. The second-order valence-electron chi connectivity index (χ2n) is 7.31. The molecule has 10 heteroatoms. The van der Waals surface area contributed by atoms with Crippen LogP contribution in [0.5, 0.6) is 0 Å². The number of nitrogens with one attached hydrogen (secondary N) is 1. The third kappa shape index (κ3) is 4.13. The van der Waals surface area contributed by atoms with Gasteiger partial charge < -0.3 is 0 Å². The summed E-state index contributed by atoms with van der Waals surface area (Å²) in [5.74, 6) is -0.488. The number of carbonyl (C=O) groups excluding carboxylic acids is 1. The highest BCUT2D eigenvalue weighted by molar-refractivity contribution is 7.17. The summed E-state index contributed by atoms with van der Waals surface area (Å²) in [6.07, 6.45) is 1.80. The molecule has 0 bridgehead atoms. The molecule has 0 spiro atoms. The maximum atomic E-state index is 13.4. The molecule has 1 amide bonds. The van der Waals surface area contributed by atoms with Gasteiger partial charge in [0, 0.05) is 16.9 Å². The molecule has 7 nitrogen and oxygen atoms in total. The van der Waals surface area contributed by atoms with Crippen molar-refractivity contribution in [1.29, 1.82) is 0 Å². The number of halogens is 1. The quantitative estimate of drug-likeness (QED) is 0.448. The molecule has 31 heavy (non-hydrogen) atoms. The van der Waals surface area contributed by atoms with Crippen LogP contribution in [0.2, 0.25) is 0 Å². The lowest BCUT2D eigenvalue weighted by atomic mass is 10.1. The minimum Gasteiger partial charge on any atom is -0.299 e. The van der Waals surface area contributed by atoms with Gasteiger partial charge in [-0.3, -0.25) is 19.5 Å². The first-order valence-electron chi connectivity index (χ1n) is 9.77. The Morgan fingerprint density at radius 2 is 1.97 bits per heavy atom. The molecule has 0 saturated carbocycles. The van der Waals surface area contributed by atoms with Gasteiger partial charge in [0.15, 0.2) is 0 Å². The van der Waals surface area contributed by atoms with Gasteiger partial charge in [0.25, 0.3) is 5.56 Å². The van der Waals surface area contributed by atoms with Crippen LogP contribution in [-0.2, 0) is 4.79 Å². The average molecular weight is 458 g/mol. The molecule has 1 N–H and O–H groups in total. The lowest BCUT2D eigenvalue weighted by Crippen LogP contribution is -2.33. The monoisotopic (exact) mass is 457 g/mol. The van der Waals surface area contributed by atoms with E-state index in [-0.39, 0.29) is 23.2 Å². The van der Waals surface area contributed by atoms with Crippen LogP contribution in [-0.4, -0.2) is 25.7 Å². The number of rotatable bonds is 6. The van der Waals surface area contributed by atoms with Crippen molar-refractivity contribution >= 4 is 43.9 Å². The summed E-state index contributed by atoms with van der Waals surface area (Å²) in [6.45, 7) is 5.83. The van der Waals surface area contributed by atoms with E-state index in [4.69, 9.17) is 0 Å². The van der Waals surface area contributed by atoms with Crippen LogP contribution in [0.15, 0.2) is 40.8 Å². The molecule has 1 atom stereocenters. The van der Waals surface area contributed by atoms with Crippen molar-refractivity contribution < 1.29 is 9.18 Å². The van der Waals surface area contributed by atoms with Gasteiger partial charge in [-0.2, -0.15) is 0 Å². The number of amides is 1. The number of hydrogen-bond acceptors (Lipinski definition) is 7. The first kappa shape index (κ1) is 21.3. The van der Waals surface area contributed by atoms with E-state index < -0.39 is 6.04 Å². The number of carbonyl (C=O) groups is 1. The van der Waals surface area contributed by atoms with E-state index in [1.165, 1.54) is 45.7 Å². The summed E-state index contributed by atoms with van der Waals surface area (Å²) >= 11 is 2.65. The Kier molecular flexibility index (Phi) is 5.92. The van der Waals surface area contributed by atoms with Gasteiger partial charge in [-0.1, -0.05) is 44.2 Å². The molecule has 3 heterocycles. The van der Waals surface area contributed by atoms with Crippen LogP contribution in [0, 0.1) is 5.82 Å². The zero-order chi connectivity index (χ0) is 22.1. The minimum atomic E-state index is -0.753. The van der Waals surface area contributed by atoms with Gasteiger partial charge in [-0.05, 0) is 24.1 Å². The molecule has 1 unspecified atom stereocenters. The third-order valence-corrected chi connectivity index (χ3v) is 6.89. The minimum absolute atomic E-state index is 0.211. The van der Waals surface area contributed by atoms with Crippen molar-refractivity contribution in [2.24, 2.45) is 0 Å². The average Bonchev–Trinajstić information content (AvgIpc) is 3.38.